The summed E-state index contributed by atoms with van der Waals surface area (Å²) in [6.45, 7) is 0.665. The molecule has 1 aromatic heterocycles. The minimum Gasteiger partial charge on any atom is -0.396 e. The van der Waals surface area contributed by atoms with Crippen molar-refractivity contribution in [2.75, 3.05) is 13.2 Å². The maximum Gasteiger partial charge on any atom is 0.256 e. The van der Waals surface area contributed by atoms with Gasteiger partial charge in [-0.2, -0.15) is 0 Å². The lowest BCUT2D eigenvalue weighted by atomic mass is 9.91. The molecule has 1 aliphatic carbocycles. The van der Waals surface area contributed by atoms with Crippen LogP contribution in [-0.4, -0.2) is 35.1 Å². The Morgan fingerprint density at radius 3 is 2.67 bits per heavy atom. The first kappa shape index (κ1) is 14.1. The Hall–Kier alpha value is -0.290. The van der Waals surface area contributed by atoms with Gasteiger partial charge in [0.1, 0.15) is 4.34 Å². The summed E-state index contributed by atoms with van der Waals surface area (Å²) in [4.78, 5) is 14.3. The summed E-state index contributed by atoms with van der Waals surface area (Å²) in [7, 11) is 0. The second kappa shape index (κ2) is 6.24. The van der Waals surface area contributed by atoms with Gasteiger partial charge in [-0.15, -0.1) is 11.3 Å². The van der Waals surface area contributed by atoms with Crippen molar-refractivity contribution in [3.8, 4) is 0 Å². The van der Waals surface area contributed by atoms with Crippen molar-refractivity contribution in [2.24, 2.45) is 0 Å². The largest absolute Gasteiger partial charge is 0.396 e. The Labute approximate surface area is 120 Å². The second-order valence-electron chi connectivity index (χ2n) is 4.40. The normalized spacial score (nSPS) is 15.5. The van der Waals surface area contributed by atoms with Crippen LogP contribution >= 0.6 is 34.5 Å². The zero-order chi connectivity index (χ0) is 13.1. The van der Waals surface area contributed by atoms with Crippen LogP contribution < -0.4 is 0 Å². The third-order valence-electron chi connectivity index (χ3n) is 3.22. The van der Waals surface area contributed by atoms with E-state index < -0.39 is 0 Å². The topological polar surface area (TPSA) is 40.5 Å². The highest BCUT2D eigenvalue weighted by molar-refractivity contribution is 7.20. The third-order valence-corrected chi connectivity index (χ3v) is 4.71. The number of nitrogens with zero attached hydrogens (tertiary/aromatic N) is 1. The van der Waals surface area contributed by atoms with Crippen molar-refractivity contribution < 1.29 is 9.90 Å². The molecule has 0 unspecified atom stereocenters. The number of halogens is 2. The van der Waals surface area contributed by atoms with Gasteiger partial charge in [-0.25, -0.2) is 0 Å². The summed E-state index contributed by atoms with van der Waals surface area (Å²) in [5.74, 6) is -0.0682. The molecule has 0 aliphatic heterocycles. The fraction of sp³-hybridized carbons (Fsp3) is 0.583. The van der Waals surface area contributed by atoms with Crippen LogP contribution in [0.4, 0.5) is 0 Å². The summed E-state index contributed by atoms with van der Waals surface area (Å²) in [5.41, 5.74) is 0.483. The van der Waals surface area contributed by atoms with Crippen LogP contribution in [0.5, 0.6) is 0 Å². The highest BCUT2D eigenvalue weighted by Gasteiger charge is 2.30. The molecule has 1 saturated carbocycles. The molecule has 3 nitrogen and oxygen atoms in total. The molecule has 2 rings (SSSR count). The number of aliphatic hydroxyl groups is 1. The number of hydrogen-bond donors (Lipinski definition) is 1. The van der Waals surface area contributed by atoms with Gasteiger partial charge in [0.05, 0.1) is 9.90 Å². The van der Waals surface area contributed by atoms with Crippen molar-refractivity contribution in [1.82, 2.24) is 4.90 Å². The van der Waals surface area contributed by atoms with Crippen LogP contribution in [-0.2, 0) is 0 Å². The fourth-order valence-electron chi connectivity index (χ4n) is 2.03. The lowest BCUT2D eigenvalue weighted by Crippen LogP contribution is -2.44. The highest BCUT2D eigenvalue weighted by atomic mass is 35.5. The van der Waals surface area contributed by atoms with E-state index in [1.807, 2.05) is 4.90 Å². The molecule has 1 aliphatic rings. The van der Waals surface area contributed by atoms with E-state index in [4.69, 9.17) is 28.3 Å². The van der Waals surface area contributed by atoms with Gasteiger partial charge in [0.2, 0.25) is 0 Å². The van der Waals surface area contributed by atoms with Crippen molar-refractivity contribution in [2.45, 2.75) is 31.7 Å². The monoisotopic (exact) mass is 307 g/mol. The summed E-state index contributed by atoms with van der Waals surface area (Å²) in [6.07, 6.45) is 3.82. The number of aliphatic hydroxyl groups excluding tert-OH is 1. The number of rotatable bonds is 5. The van der Waals surface area contributed by atoms with Gasteiger partial charge >= 0.3 is 0 Å². The van der Waals surface area contributed by atoms with Gasteiger partial charge in [-0.3, -0.25) is 4.79 Å². The molecule has 1 amide bonds. The first-order valence-electron chi connectivity index (χ1n) is 6.00. The van der Waals surface area contributed by atoms with Gasteiger partial charge in [0.15, 0.2) is 0 Å². The van der Waals surface area contributed by atoms with Crippen molar-refractivity contribution in [1.29, 1.82) is 0 Å². The van der Waals surface area contributed by atoms with E-state index >= 15 is 0 Å². The summed E-state index contributed by atoms with van der Waals surface area (Å²) in [5, 5.41) is 8.92. The van der Waals surface area contributed by atoms with E-state index in [2.05, 4.69) is 0 Å². The van der Waals surface area contributed by atoms with Gasteiger partial charge in [-0.05, 0) is 31.7 Å². The zero-order valence-corrected chi connectivity index (χ0v) is 12.2. The molecule has 0 spiro atoms. The SMILES string of the molecule is O=C(c1cc(Cl)sc1Cl)N(CCCO)C1CCC1. The Kier molecular flexibility index (Phi) is 4.90. The number of carbonyl (C=O) groups excluding carboxylic acids is 1. The van der Waals surface area contributed by atoms with Gasteiger partial charge in [0, 0.05) is 19.2 Å². The van der Waals surface area contributed by atoms with Gasteiger partial charge < -0.3 is 10.0 Å². The van der Waals surface area contributed by atoms with Crippen LogP contribution in [0.3, 0.4) is 0 Å². The van der Waals surface area contributed by atoms with Crippen LogP contribution in [0.25, 0.3) is 0 Å². The number of carbonyl (C=O) groups is 1. The highest BCUT2D eigenvalue weighted by Crippen LogP contribution is 2.34. The summed E-state index contributed by atoms with van der Waals surface area (Å²) < 4.78 is 0.970. The lowest BCUT2D eigenvalue weighted by Gasteiger charge is -2.37. The molecule has 1 fully saturated rings. The van der Waals surface area contributed by atoms with Crippen molar-refractivity contribution >= 4 is 40.4 Å². The smallest absolute Gasteiger partial charge is 0.256 e. The number of amides is 1. The molecule has 0 radical (unpaired) electrons. The Bertz CT molecular complexity index is 432. The van der Waals surface area contributed by atoms with E-state index in [9.17, 15) is 4.79 Å². The first-order chi connectivity index (χ1) is 8.63. The van der Waals surface area contributed by atoms with Crippen LogP contribution in [0, 0.1) is 0 Å². The Morgan fingerprint density at radius 2 is 2.22 bits per heavy atom. The zero-order valence-electron chi connectivity index (χ0n) is 9.86. The minimum absolute atomic E-state index is 0.0682. The van der Waals surface area contributed by atoms with Crippen molar-refractivity contribution in [3.05, 3.63) is 20.3 Å². The first-order valence-corrected chi connectivity index (χ1v) is 7.57. The van der Waals surface area contributed by atoms with Crippen molar-refractivity contribution in [3.63, 3.8) is 0 Å². The predicted molar refractivity (Wildman–Crippen MR) is 74.7 cm³/mol. The standard InChI is InChI=1S/C12H15Cl2NO2S/c13-10-7-9(11(14)18-10)12(17)15(5-2-6-16)8-3-1-4-8/h7-8,16H,1-6H2. The molecule has 1 N–H and O–H groups in total. The van der Waals surface area contributed by atoms with E-state index in [0.29, 0.717) is 33.2 Å². The molecular weight excluding hydrogens is 293 g/mol. The lowest BCUT2D eigenvalue weighted by molar-refractivity contribution is 0.0563. The average Bonchev–Trinajstić information content (AvgIpc) is 2.60. The predicted octanol–water partition coefficient (Wildman–Crippen LogP) is 3.43. The van der Waals surface area contributed by atoms with E-state index in [0.717, 1.165) is 19.3 Å². The quantitative estimate of drug-likeness (QED) is 0.905. The molecule has 100 valence electrons. The average molecular weight is 308 g/mol. The number of thiophene rings is 1. The maximum absolute atomic E-state index is 12.4. The van der Waals surface area contributed by atoms with Crippen LogP contribution in [0.2, 0.25) is 8.67 Å². The van der Waals surface area contributed by atoms with E-state index in [1.54, 1.807) is 6.07 Å². The van der Waals surface area contributed by atoms with Crippen LogP contribution in [0.1, 0.15) is 36.0 Å². The molecule has 1 heterocycles. The molecule has 0 atom stereocenters. The molecule has 0 aromatic carbocycles. The molecule has 0 bridgehead atoms. The Morgan fingerprint density at radius 1 is 1.50 bits per heavy atom. The number of hydrogen-bond acceptors (Lipinski definition) is 3. The molecule has 6 heteroatoms. The summed E-state index contributed by atoms with van der Waals surface area (Å²) >= 11 is 13.1. The van der Waals surface area contributed by atoms with E-state index in [-0.39, 0.29) is 12.5 Å². The Balaban J connectivity index is 2.13. The molecule has 1 aromatic rings. The van der Waals surface area contributed by atoms with E-state index in [1.165, 1.54) is 11.3 Å². The fourth-order valence-corrected chi connectivity index (χ4v) is 3.48. The molecular formula is C12H15Cl2NO2S. The van der Waals surface area contributed by atoms with Gasteiger partial charge in [0.25, 0.3) is 5.91 Å². The maximum atomic E-state index is 12.4. The minimum atomic E-state index is -0.0682. The molecule has 18 heavy (non-hydrogen) atoms. The second-order valence-corrected chi connectivity index (χ2v) is 6.68. The van der Waals surface area contributed by atoms with Crippen LogP contribution in [0.15, 0.2) is 6.07 Å². The van der Waals surface area contributed by atoms with Gasteiger partial charge in [-0.1, -0.05) is 23.2 Å². The summed E-state index contributed by atoms with van der Waals surface area (Å²) in [6, 6.07) is 1.92. The molecule has 0 saturated heterocycles. The third kappa shape index (κ3) is 2.99.